The second-order valence-corrected chi connectivity index (χ2v) is 6.13. The van der Waals surface area contributed by atoms with Crippen molar-refractivity contribution < 1.29 is 8.60 Å². The Labute approximate surface area is 105 Å². The van der Waals surface area contributed by atoms with Crippen molar-refractivity contribution in [2.75, 3.05) is 6.54 Å². The first-order chi connectivity index (χ1) is 8.04. The molecule has 0 aliphatic carbocycles. The molecule has 0 saturated heterocycles. The van der Waals surface area contributed by atoms with E-state index in [-0.39, 0.29) is 11.1 Å². The Morgan fingerprint density at radius 1 is 1.41 bits per heavy atom. The number of rotatable bonds is 6. The minimum Gasteiger partial charge on any atom is -0.314 e. The predicted octanol–water partition coefficient (Wildman–Crippen LogP) is 2.71. The highest BCUT2D eigenvalue weighted by Gasteiger charge is 2.16. The summed E-state index contributed by atoms with van der Waals surface area (Å²) in [5.41, 5.74) is 0. The van der Waals surface area contributed by atoms with Crippen LogP contribution in [0.1, 0.15) is 27.2 Å². The molecule has 17 heavy (non-hydrogen) atoms. The maximum atomic E-state index is 13.0. The van der Waals surface area contributed by atoms with Crippen molar-refractivity contribution in [2.24, 2.45) is 0 Å². The van der Waals surface area contributed by atoms with Gasteiger partial charge in [0.1, 0.15) is 5.82 Å². The Morgan fingerprint density at radius 3 is 2.71 bits per heavy atom. The Hall–Kier alpha value is -0.740. The summed E-state index contributed by atoms with van der Waals surface area (Å²) in [5, 5.41) is 3.30. The molecule has 0 heterocycles. The molecule has 1 rings (SSSR count). The number of hydrogen-bond acceptors (Lipinski definition) is 2. The van der Waals surface area contributed by atoms with Gasteiger partial charge < -0.3 is 5.32 Å². The summed E-state index contributed by atoms with van der Waals surface area (Å²) in [7, 11) is -1.14. The predicted molar refractivity (Wildman–Crippen MR) is 70.0 cm³/mol. The molecule has 3 atom stereocenters. The van der Waals surface area contributed by atoms with Gasteiger partial charge in [-0.05, 0) is 38.1 Å². The second kappa shape index (κ2) is 6.87. The molecule has 4 heteroatoms. The summed E-state index contributed by atoms with van der Waals surface area (Å²) in [5.74, 6) is -0.331. The summed E-state index contributed by atoms with van der Waals surface area (Å²) in [6.07, 6.45) is 0.816. The summed E-state index contributed by atoms with van der Waals surface area (Å²) in [4.78, 5) is 0.571. The van der Waals surface area contributed by atoms with Gasteiger partial charge in [0.15, 0.2) is 0 Å². The van der Waals surface area contributed by atoms with Crippen LogP contribution in [0.4, 0.5) is 4.39 Å². The van der Waals surface area contributed by atoms with Crippen molar-refractivity contribution in [3.05, 3.63) is 30.1 Å². The zero-order valence-electron chi connectivity index (χ0n) is 10.6. The molecule has 3 unspecified atom stereocenters. The van der Waals surface area contributed by atoms with Crippen LogP contribution in [-0.2, 0) is 10.8 Å². The molecule has 1 aromatic rings. The molecule has 1 N–H and O–H groups in total. The van der Waals surface area contributed by atoms with Gasteiger partial charge >= 0.3 is 0 Å². The van der Waals surface area contributed by atoms with Gasteiger partial charge in [0.05, 0.1) is 10.8 Å². The molecule has 0 amide bonds. The lowest BCUT2D eigenvalue weighted by Crippen LogP contribution is -2.30. The monoisotopic (exact) mass is 257 g/mol. The van der Waals surface area contributed by atoms with E-state index in [9.17, 15) is 8.60 Å². The van der Waals surface area contributed by atoms with Crippen LogP contribution < -0.4 is 5.32 Å². The van der Waals surface area contributed by atoms with Crippen LogP contribution >= 0.6 is 0 Å². The SMILES string of the molecule is CCNC(C)CC(C)S(=O)c1cccc(F)c1. The van der Waals surface area contributed by atoms with Crippen LogP contribution in [0.2, 0.25) is 0 Å². The van der Waals surface area contributed by atoms with Crippen LogP contribution in [0.3, 0.4) is 0 Å². The summed E-state index contributed by atoms with van der Waals surface area (Å²) in [6, 6.07) is 6.36. The van der Waals surface area contributed by atoms with Crippen molar-refractivity contribution in [3.8, 4) is 0 Å². The van der Waals surface area contributed by atoms with Crippen LogP contribution in [0.5, 0.6) is 0 Å². The lowest BCUT2D eigenvalue weighted by molar-refractivity contribution is 0.524. The summed E-state index contributed by atoms with van der Waals surface area (Å²) in [6.45, 7) is 6.96. The van der Waals surface area contributed by atoms with E-state index in [0.29, 0.717) is 10.9 Å². The standard InChI is InChI=1S/C13H20FNOS/c1-4-15-10(2)8-11(3)17(16)13-7-5-6-12(14)9-13/h5-7,9-11,15H,4,8H2,1-3H3. The molecule has 0 aromatic heterocycles. The van der Waals surface area contributed by atoms with Gasteiger partial charge in [-0.15, -0.1) is 0 Å². The zero-order chi connectivity index (χ0) is 12.8. The molecular formula is C13H20FNOS. The zero-order valence-corrected chi connectivity index (χ0v) is 11.4. The fourth-order valence-corrected chi connectivity index (χ4v) is 3.21. The highest BCUT2D eigenvalue weighted by Crippen LogP contribution is 2.15. The van der Waals surface area contributed by atoms with E-state index in [2.05, 4.69) is 12.2 Å². The van der Waals surface area contributed by atoms with Crippen LogP contribution in [0, 0.1) is 5.82 Å². The van der Waals surface area contributed by atoms with Gasteiger partial charge in [0.2, 0.25) is 0 Å². The van der Waals surface area contributed by atoms with E-state index < -0.39 is 10.8 Å². The van der Waals surface area contributed by atoms with Crippen LogP contribution in [0.15, 0.2) is 29.2 Å². The van der Waals surface area contributed by atoms with Gasteiger partial charge in [-0.3, -0.25) is 4.21 Å². The quantitative estimate of drug-likeness (QED) is 0.849. The molecular weight excluding hydrogens is 237 g/mol. The number of benzene rings is 1. The second-order valence-electron chi connectivity index (χ2n) is 4.26. The normalized spacial score (nSPS) is 16.5. The molecule has 0 radical (unpaired) electrons. The van der Waals surface area contributed by atoms with E-state index in [0.717, 1.165) is 13.0 Å². The highest BCUT2D eigenvalue weighted by atomic mass is 32.2. The average molecular weight is 257 g/mol. The largest absolute Gasteiger partial charge is 0.314 e. The van der Waals surface area contributed by atoms with Gasteiger partial charge in [0, 0.05) is 16.2 Å². The van der Waals surface area contributed by atoms with E-state index in [1.807, 2.05) is 13.8 Å². The van der Waals surface area contributed by atoms with Gasteiger partial charge in [0.25, 0.3) is 0 Å². The lowest BCUT2D eigenvalue weighted by Gasteiger charge is -2.17. The molecule has 2 nitrogen and oxygen atoms in total. The molecule has 0 aliphatic heterocycles. The van der Waals surface area contributed by atoms with E-state index in [4.69, 9.17) is 0 Å². The number of nitrogens with one attached hydrogen (secondary N) is 1. The Morgan fingerprint density at radius 2 is 2.12 bits per heavy atom. The summed E-state index contributed by atoms with van der Waals surface area (Å²) < 4.78 is 25.2. The van der Waals surface area contributed by atoms with E-state index in [1.54, 1.807) is 12.1 Å². The molecule has 96 valence electrons. The molecule has 0 saturated carbocycles. The number of halogens is 1. The first kappa shape index (κ1) is 14.3. The van der Waals surface area contributed by atoms with Crippen LogP contribution in [-0.4, -0.2) is 22.0 Å². The number of hydrogen-bond donors (Lipinski definition) is 1. The van der Waals surface area contributed by atoms with E-state index >= 15 is 0 Å². The maximum Gasteiger partial charge on any atom is 0.124 e. The minimum atomic E-state index is -1.14. The first-order valence-electron chi connectivity index (χ1n) is 5.94. The fraction of sp³-hybridized carbons (Fsp3) is 0.538. The lowest BCUT2D eigenvalue weighted by atomic mass is 10.2. The first-order valence-corrected chi connectivity index (χ1v) is 7.15. The van der Waals surface area contributed by atoms with Crippen molar-refractivity contribution in [1.82, 2.24) is 5.32 Å². The minimum absolute atomic E-state index is 0.0193. The van der Waals surface area contributed by atoms with Crippen LogP contribution in [0.25, 0.3) is 0 Å². The molecule has 1 aromatic carbocycles. The maximum absolute atomic E-state index is 13.0. The van der Waals surface area contributed by atoms with Crippen molar-refractivity contribution in [1.29, 1.82) is 0 Å². The molecule has 0 spiro atoms. The molecule has 0 bridgehead atoms. The third-order valence-corrected chi connectivity index (χ3v) is 4.27. The van der Waals surface area contributed by atoms with Gasteiger partial charge in [-0.25, -0.2) is 4.39 Å². The van der Waals surface area contributed by atoms with Gasteiger partial charge in [-0.1, -0.05) is 19.9 Å². The Balaban J connectivity index is 2.63. The third kappa shape index (κ3) is 4.56. The summed E-state index contributed by atoms with van der Waals surface area (Å²) >= 11 is 0. The highest BCUT2D eigenvalue weighted by molar-refractivity contribution is 7.85. The Bertz CT molecular complexity index is 383. The van der Waals surface area contributed by atoms with E-state index in [1.165, 1.54) is 12.1 Å². The average Bonchev–Trinajstić information content (AvgIpc) is 2.28. The topological polar surface area (TPSA) is 29.1 Å². The smallest absolute Gasteiger partial charge is 0.124 e. The molecule has 0 fully saturated rings. The third-order valence-electron chi connectivity index (χ3n) is 2.63. The van der Waals surface area contributed by atoms with Crippen molar-refractivity contribution in [2.45, 2.75) is 43.4 Å². The molecule has 0 aliphatic rings. The van der Waals surface area contributed by atoms with Crippen molar-refractivity contribution >= 4 is 10.8 Å². The van der Waals surface area contributed by atoms with Gasteiger partial charge in [-0.2, -0.15) is 0 Å². The van der Waals surface area contributed by atoms with Crippen molar-refractivity contribution in [3.63, 3.8) is 0 Å². The Kier molecular flexibility index (Phi) is 5.78. The fourth-order valence-electron chi connectivity index (χ4n) is 1.84.